The second-order valence-electron chi connectivity index (χ2n) is 4.31. The standard InChI is InChI=1S/C13H16N2/c1-10(12-3-2-4-12)15-13-7-5-11(9-14)6-8-13/h5-8,10,12,15H,2-4H2,1H3. The van der Waals surface area contributed by atoms with Gasteiger partial charge in [0.1, 0.15) is 0 Å². The van der Waals surface area contributed by atoms with Gasteiger partial charge >= 0.3 is 0 Å². The quantitative estimate of drug-likeness (QED) is 0.813. The van der Waals surface area contributed by atoms with Crippen molar-refractivity contribution in [3.8, 4) is 6.07 Å². The van der Waals surface area contributed by atoms with E-state index in [0.29, 0.717) is 6.04 Å². The van der Waals surface area contributed by atoms with Crippen molar-refractivity contribution >= 4 is 5.69 Å². The molecular weight excluding hydrogens is 184 g/mol. The van der Waals surface area contributed by atoms with Crippen molar-refractivity contribution in [2.24, 2.45) is 5.92 Å². The molecule has 0 radical (unpaired) electrons. The monoisotopic (exact) mass is 200 g/mol. The molecule has 1 atom stereocenters. The molecule has 1 aromatic carbocycles. The molecule has 0 amide bonds. The smallest absolute Gasteiger partial charge is 0.0991 e. The van der Waals surface area contributed by atoms with Gasteiger partial charge in [0.25, 0.3) is 0 Å². The van der Waals surface area contributed by atoms with E-state index in [9.17, 15) is 0 Å². The van der Waals surface area contributed by atoms with Gasteiger partial charge in [-0.25, -0.2) is 0 Å². The van der Waals surface area contributed by atoms with Gasteiger partial charge in [0.15, 0.2) is 0 Å². The van der Waals surface area contributed by atoms with Crippen LogP contribution in [-0.4, -0.2) is 6.04 Å². The number of nitrogens with zero attached hydrogens (tertiary/aromatic N) is 1. The van der Waals surface area contributed by atoms with Crippen molar-refractivity contribution in [2.75, 3.05) is 5.32 Å². The zero-order valence-corrected chi connectivity index (χ0v) is 9.03. The predicted octanol–water partition coefficient (Wildman–Crippen LogP) is 3.16. The summed E-state index contributed by atoms with van der Waals surface area (Å²) in [7, 11) is 0. The van der Waals surface area contributed by atoms with Crippen LogP contribution in [0.1, 0.15) is 31.7 Å². The van der Waals surface area contributed by atoms with E-state index in [0.717, 1.165) is 17.2 Å². The Morgan fingerprint density at radius 3 is 2.47 bits per heavy atom. The number of hydrogen-bond acceptors (Lipinski definition) is 2. The highest BCUT2D eigenvalue weighted by Gasteiger charge is 2.23. The Balaban J connectivity index is 1.95. The SMILES string of the molecule is CC(Nc1ccc(C#N)cc1)C1CCC1. The third-order valence-corrected chi connectivity index (χ3v) is 3.27. The molecule has 1 fully saturated rings. The number of anilines is 1. The van der Waals surface area contributed by atoms with Crippen LogP contribution in [0.4, 0.5) is 5.69 Å². The van der Waals surface area contributed by atoms with E-state index < -0.39 is 0 Å². The largest absolute Gasteiger partial charge is 0.382 e. The lowest BCUT2D eigenvalue weighted by atomic mass is 9.80. The molecule has 0 bridgehead atoms. The Morgan fingerprint density at radius 2 is 2.00 bits per heavy atom. The van der Waals surface area contributed by atoms with Gasteiger partial charge in [0.2, 0.25) is 0 Å². The first-order valence-electron chi connectivity index (χ1n) is 5.56. The number of nitriles is 1. The fourth-order valence-corrected chi connectivity index (χ4v) is 1.96. The molecule has 2 nitrogen and oxygen atoms in total. The van der Waals surface area contributed by atoms with Crippen molar-refractivity contribution in [3.05, 3.63) is 29.8 Å². The van der Waals surface area contributed by atoms with E-state index in [1.165, 1.54) is 19.3 Å². The summed E-state index contributed by atoms with van der Waals surface area (Å²) in [5, 5.41) is 12.2. The predicted molar refractivity (Wildman–Crippen MR) is 61.6 cm³/mol. The van der Waals surface area contributed by atoms with Crippen LogP contribution < -0.4 is 5.32 Å². The summed E-state index contributed by atoms with van der Waals surface area (Å²) in [5.74, 6) is 0.834. The summed E-state index contributed by atoms with van der Waals surface area (Å²) >= 11 is 0. The van der Waals surface area contributed by atoms with Crippen molar-refractivity contribution in [1.29, 1.82) is 5.26 Å². The summed E-state index contributed by atoms with van der Waals surface area (Å²) in [5.41, 5.74) is 1.84. The maximum Gasteiger partial charge on any atom is 0.0991 e. The molecule has 0 heterocycles. The first kappa shape index (κ1) is 10.0. The average Bonchev–Trinajstić information content (AvgIpc) is 2.16. The van der Waals surface area contributed by atoms with E-state index in [2.05, 4.69) is 18.3 Å². The molecule has 0 saturated heterocycles. The average molecular weight is 200 g/mol. The molecule has 2 rings (SSSR count). The third-order valence-electron chi connectivity index (χ3n) is 3.27. The molecule has 1 aliphatic rings. The van der Waals surface area contributed by atoms with Crippen LogP contribution in [-0.2, 0) is 0 Å². The Labute approximate surface area is 90.9 Å². The minimum atomic E-state index is 0.548. The minimum Gasteiger partial charge on any atom is -0.382 e. The van der Waals surface area contributed by atoms with E-state index >= 15 is 0 Å². The van der Waals surface area contributed by atoms with E-state index in [1.54, 1.807) is 0 Å². The van der Waals surface area contributed by atoms with E-state index in [4.69, 9.17) is 5.26 Å². The molecule has 1 unspecified atom stereocenters. The maximum absolute atomic E-state index is 8.68. The molecular formula is C13H16N2. The van der Waals surface area contributed by atoms with Gasteiger partial charge in [-0.3, -0.25) is 0 Å². The molecule has 0 aromatic heterocycles. The van der Waals surface area contributed by atoms with Crippen LogP contribution in [0.2, 0.25) is 0 Å². The summed E-state index contributed by atoms with van der Waals surface area (Å²) < 4.78 is 0. The number of hydrogen-bond donors (Lipinski definition) is 1. The molecule has 1 N–H and O–H groups in total. The van der Waals surface area contributed by atoms with Crippen LogP contribution in [0.15, 0.2) is 24.3 Å². The number of rotatable bonds is 3. The third kappa shape index (κ3) is 2.30. The zero-order valence-electron chi connectivity index (χ0n) is 9.03. The highest BCUT2D eigenvalue weighted by Crippen LogP contribution is 2.30. The summed E-state index contributed by atoms with van der Waals surface area (Å²) in [4.78, 5) is 0. The fourth-order valence-electron chi connectivity index (χ4n) is 1.96. The Morgan fingerprint density at radius 1 is 1.33 bits per heavy atom. The summed E-state index contributed by atoms with van der Waals surface area (Å²) in [6.45, 7) is 2.24. The van der Waals surface area contributed by atoms with Crippen molar-refractivity contribution in [1.82, 2.24) is 0 Å². The highest BCUT2D eigenvalue weighted by atomic mass is 14.9. The second-order valence-corrected chi connectivity index (χ2v) is 4.31. The summed E-state index contributed by atoms with van der Waals surface area (Å²) in [6.07, 6.45) is 4.08. The fraction of sp³-hybridized carbons (Fsp3) is 0.462. The van der Waals surface area contributed by atoms with Crippen LogP contribution >= 0.6 is 0 Å². The normalized spacial score (nSPS) is 17.6. The zero-order chi connectivity index (χ0) is 10.7. The first-order valence-corrected chi connectivity index (χ1v) is 5.56. The molecule has 78 valence electrons. The van der Waals surface area contributed by atoms with Crippen molar-refractivity contribution in [3.63, 3.8) is 0 Å². The molecule has 1 aromatic rings. The molecule has 1 aliphatic carbocycles. The Kier molecular flexibility index (Phi) is 2.91. The van der Waals surface area contributed by atoms with Crippen LogP contribution in [0.3, 0.4) is 0 Å². The van der Waals surface area contributed by atoms with Gasteiger partial charge in [0, 0.05) is 11.7 Å². The molecule has 2 heteroatoms. The van der Waals surface area contributed by atoms with Crippen LogP contribution in [0.25, 0.3) is 0 Å². The van der Waals surface area contributed by atoms with Crippen molar-refractivity contribution < 1.29 is 0 Å². The minimum absolute atomic E-state index is 0.548. The van der Waals surface area contributed by atoms with Crippen LogP contribution in [0, 0.1) is 17.2 Å². The molecule has 1 saturated carbocycles. The molecule has 0 aliphatic heterocycles. The molecule has 15 heavy (non-hydrogen) atoms. The Hall–Kier alpha value is -1.49. The molecule has 0 spiro atoms. The van der Waals surface area contributed by atoms with Crippen LogP contribution in [0.5, 0.6) is 0 Å². The topological polar surface area (TPSA) is 35.8 Å². The van der Waals surface area contributed by atoms with Gasteiger partial charge < -0.3 is 5.32 Å². The number of nitrogens with one attached hydrogen (secondary N) is 1. The van der Waals surface area contributed by atoms with Gasteiger partial charge in [-0.1, -0.05) is 6.42 Å². The maximum atomic E-state index is 8.68. The van der Waals surface area contributed by atoms with E-state index in [-0.39, 0.29) is 0 Å². The lowest BCUT2D eigenvalue weighted by Crippen LogP contribution is -2.30. The second kappa shape index (κ2) is 4.35. The van der Waals surface area contributed by atoms with Gasteiger partial charge in [-0.05, 0) is 49.9 Å². The highest BCUT2D eigenvalue weighted by molar-refractivity contribution is 5.47. The Bertz CT molecular complexity index is 357. The number of benzene rings is 1. The van der Waals surface area contributed by atoms with Gasteiger partial charge in [0.05, 0.1) is 11.6 Å². The lowest BCUT2D eigenvalue weighted by molar-refractivity contribution is 0.285. The van der Waals surface area contributed by atoms with Gasteiger partial charge in [-0.2, -0.15) is 5.26 Å². The first-order chi connectivity index (χ1) is 7.29. The summed E-state index contributed by atoms with van der Waals surface area (Å²) in [6, 6.07) is 10.3. The van der Waals surface area contributed by atoms with Gasteiger partial charge in [-0.15, -0.1) is 0 Å². The van der Waals surface area contributed by atoms with Crippen molar-refractivity contribution in [2.45, 2.75) is 32.2 Å². The lowest BCUT2D eigenvalue weighted by Gasteiger charge is -2.32. The van der Waals surface area contributed by atoms with E-state index in [1.807, 2.05) is 24.3 Å².